The number of phenols is 1. The summed E-state index contributed by atoms with van der Waals surface area (Å²) in [6.07, 6.45) is 4.78. The fourth-order valence-electron chi connectivity index (χ4n) is 4.49. The quantitative estimate of drug-likeness (QED) is 0.275. The lowest BCUT2D eigenvalue weighted by Gasteiger charge is -2.26. The monoisotopic (exact) mass is 541 g/mol. The smallest absolute Gasteiger partial charge is 0.178 e. The van der Waals surface area contributed by atoms with Crippen molar-refractivity contribution < 1.29 is 27.4 Å². The Balaban J connectivity index is 1.39. The number of aromatic hydroxyl groups is 1. The van der Waals surface area contributed by atoms with Gasteiger partial charge in [0.05, 0.1) is 4.88 Å². The van der Waals surface area contributed by atoms with Gasteiger partial charge in [-0.3, -0.25) is 4.90 Å². The summed E-state index contributed by atoms with van der Waals surface area (Å²) in [6, 6.07) is 16.3. The van der Waals surface area contributed by atoms with Crippen LogP contribution >= 0.6 is 11.3 Å². The number of phenolic OH excluding ortho intramolecular Hbond substituents is 1. The van der Waals surface area contributed by atoms with E-state index in [1.807, 2.05) is 24.3 Å². The Kier molecular flexibility index (Phi) is 7.37. The van der Waals surface area contributed by atoms with Crippen LogP contribution in [0.1, 0.15) is 19.3 Å². The van der Waals surface area contributed by atoms with Crippen molar-refractivity contribution in [2.75, 3.05) is 32.5 Å². The molecule has 1 saturated heterocycles. The molecule has 5 rings (SSSR count). The van der Waals surface area contributed by atoms with Gasteiger partial charge in [-0.2, -0.15) is 0 Å². The van der Waals surface area contributed by atoms with Crippen LogP contribution in [-0.4, -0.2) is 50.9 Å². The lowest BCUT2D eigenvalue weighted by Crippen LogP contribution is -2.33. The van der Waals surface area contributed by atoms with Gasteiger partial charge < -0.3 is 14.6 Å². The van der Waals surface area contributed by atoms with Crippen molar-refractivity contribution in [3.63, 3.8) is 0 Å². The highest BCUT2D eigenvalue weighted by atomic mass is 32.2. The number of piperidine rings is 1. The average molecular weight is 542 g/mol. The van der Waals surface area contributed by atoms with Gasteiger partial charge in [-0.1, -0.05) is 12.5 Å². The third kappa shape index (κ3) is 5.89. The number of likely N-dealkylation sites (tertiary alicyclic amines) is 1. The molecule has 3 aromatic carbocycles. The molecular formula is C28H28FNO5S2. The first-order valence-corrected chi connectivity index (χ1v) is 14.9. The Morgan fingerprint density at radius 2 is 1.70 bits per heavy atom. The fraction of sp³-hybridized carbons (Fsp3) is 0.286. The molecule has 1 fully saturated rings. The van der Waals surface area contributed by atoms with Crippen LogP contribution in [0.4, 0.5) is 4.39 Å². The Bertz CT molecular complexity index is 1510. The number of ether oxygens (including phenoxy) is 2. The van der Waals surface area contributed by atoms with Gasteiger partial charge in [0.25, 0.3) is 0 Å². The zero-order valence-electron chi connectivity index (χ0n) is 20.4. The third-order valence-electron chi connectivity index (χ3n) is 6.39. The standard InChI is InChI=1S/C28H28FNO5S2/c1-37(32,33)26-12-5-19(17-24(26)29)28-27(23-11-6-20(31)18-25(23)36-28)35-22-9-7-21(8-10-22)34-16-15-30-13-3-2-4-14-30/h5-12,17-18,31H,2-4,13-16H2,1H3. The first kappa shape index (κ1) is 25.5. The molecular weight excluding hydrogens is 513 g/mol. The second kappa shape index (κ2) is 10.7. The summed E-state index contributed by atoms with van der Waals surface area (Å²) in [7, 11) is -3.69. The molecule has 194 valence electrons. The number of sulfone groups is 1. The highest BCUT2D eigenvalue weighted by Crippen LogP contribution is 2.47. The SMILES string of the molecule is CS(=O)(=O)c1ccc(-c2sc3cc(O)ccc3c2Oc2ccc(OCCN3CCCCC3)cc2)cc1F. The molecule has 1 aliphatic rings. The average Bonchev–Trinajstić information content (AvgIpc) is 3.22. The minimum atomic E-state index is -3.69. The normalized spacial score (nSPS) is 14.6. The second-order valence-corrected chi connectivity index (χ2v) is 12.2. The minimum Gasteiger partial charge on any atom is -0.508 e. The third-order valence-corrected chi connectivity index (χ3v) is 8.70. The molecule has 0 radical (unpaired) electrons. The lowest BCUT2D eigenvalue weighted by molar-refractivity contribution is 0.183. The van der Waals surface area contributed by atoms with Crippen molar-refractivity contribution in [3.05, 3.63) is 66.5 Å². The highest BCUT2D eigenvalue weighted by Gasteiger charge is 2.20. The van der Waals surface area contributed by atoms with Crippen LogP contribution in [0.3, 0.4) is 0 Å². The molecule has 0 spiro atoms. The number of benzene rings is 3. The Morgan fingerprint density at radius 1 is 0.973 bits per heavy atom. The molecule has 1 N–H and O–H groups in total. The van der Waals surface area contributed by atoms with Crippen LogP contribution in [0.25, 0.3) is 20.5 Å². The van der Waals surface area contributed by atoms with Gasteiger partial charge in [-0.25, -0.2) is 12.8 Å². The van der Waals surface area contributed by atoms with Gasteiger partial charge >= 0.3 is 0 Å². The second-order valence-electron chi connectivity index (χ2n) is 9.18. The maximum absolute atomic E-state index is 14.7. The summed E-state index contributed by atoms with van der Waals surface area (Å²) in [6.45, 7) is 3.79. The molecule has 0 amide bonds. The number of rotatable bonds is 8. The van der Waals surface area contributed by atoms with Crippen LogP contribution in [-0.2, 0) is 9.84 Å². The van der Waals surface area contributed by atoms with Gasteiger partial charge in [0.15, 0.2) is 15.6 Å². The largest absolute Gasteiger partial charge is 0.508 e. The maximum atomic E-state index is 14.7. The first-order chi connectivity index (χ1) is 17.8. The topological polar surface area (TPSA) is 76.1 Å². The van der Waals surface area contributed by atoms with E-state index in [9.17, 15) is 17.9 Å². The number of hydrogen-bond acceptors (Lipinski definition) is 7. The number of halogens is 1. The molecule has 37 heavy (non-hydrogen) atoms. The zero-order valence-corrected chi connectivity index (χ0v) is 22.1. The number of thiophene rings is 1. The van der Waals surface area contributed by atoms with Crippen LogP contribution in [0.15, 0.2) is 65.6 Å². The Hall–Kier alpha value is -3.14. The molecule has 0 atom stereocenters. The Labute approximate surface area is 219 Å². The van der Waals surface area contributed by atoms with E-state index in [0.29, 0.717) is 28.5 Å². The van der Waals surface area contributed by atoms with E-state index in [1.54, 1.807) is 24.3 Å². The van der Waals surface area contributed by atoms with E-state index >= 15 is 0 Å². The van der Waals surface area contributed by atoms with E-state index in [1.165, 1.54) is 42.7 Å². The molecule has 1 aliphatic heterocycles. The van der Waals surface area contributed by atoms with Crippen LogP contribution in [0.5, 0.6) is 23.0 Å². The molecule has 0 saturated carbocycles. The van der Waals surface area contributed by atoms with Crippen LogP contribution in [0, 0.1) is 5.82 Å². The predicted molar refractivity (Wildman–Crippen MR) is 144 cm³/mol. The summed E-state index contributed by atoms with van der Waals surface area (Å²) in [5, 5.41) is 10.7. The van der Waals surface area contributed by atoms with E-state index in [4.69, 9.17) is 9.47 Å². The van der Waals surface area contributed by atoms with Gasteiger partial charge in [0.1, 0.15) is 34.6 Å². The van der Waals surface area contributed by atoms with Crippen molar-refractivity contribution in [1.82, 2.24) is 4.90 Å². The molecule has 4 aromatic rings. The maximum Gasteiger partial charge on any atom is 0.178 e. The molecule has 9 heteroatoms. The van der Waals surface area contributed by atoms with Crippen molar-refractivity contribution in [3.8, 4) is 33.4 Å². The lowest BCUT2D eigenvalue weighted by atomic mass is 10.1. The van der Waals surface area contributed by atoms with Gasteiger partial charge in [0.2, 0.25) is 0 Å². The summed E-state index contributed by atoms with van der Waals surface area (Å²) in [5.74, 6) is 1.12. The number of nitrogens with zero attached hydrogens (tertiary/aromatic N) is 1. The molecule has 0 bridgehead atoms. The van der Waals surface area contributed by atoms with Gasteiger partial charge in [-0.05, 0) is 86.1 Å². The van der Waals surface area contributed by atoms with Crippen LogP contribution in [0.2, 0.25) is 0 Å². The highest BCUT2D eigenvalue weighted by molar-refractivity contribution is 7.90. The number of hydrogen-bond donors (Lipinski definition) is 1. The first-order valence-electron chi connectivity index (χ1n) is 12.2. The van der Waals surface area contributed by atoms with Gasteiger partial charge in [-0.15, -0.1) is 11.3 Å². The summed E-state index contributed by atoms with van der Waals surface area (Å²) < 4.78 is 51.4. The molecule has 6 nitrogen and oxygen atoms in total. The summed E-state index contributed by atoms with van der Waals surface area (Å²) in [4.78, 5) is 2.70. The van der Waals surface area contributed by atoms with E-state index in [-0.39, 0.29) is 10.6 Å². The van der Waals surface area contributed by atoms with E-state index in [2.05, 4.69) is 4.90 Å². The predicted octanol–water partition coefficient (Wildman–Crippen LogP) is 6.47. The number of fused-ring (bicyclic) bond motifs is 1. The van der Waals surface area contributed by atoms with E-state index < -0.39 is 15.7 Å². The zero-order chi connectivity index (χ0) is 26.0. The minimum absolute atomic E-state index is 0.108. The summed E-state index contributed by atoms with van der Waals surface area (Å²) in [5.41, 5.74) is 0.484. The molecule has 1 aromatic heterocycles. The fourth-order valence-corrected chi connectivity index (χ4v) is 6.38. The van der Waals surface area contributed by atoms with Crippen LogP contribution < -0.4 is 9.47 Å². The van der Waals surface area contributed by atoms with Crippen molar-refractivity contribution in [1.29, 1.82) is 0 Å². The van der Waals surface area contributed by atoms with Crippen molar-refractivity contribution in [2.45, 2.75) is 24.2 Å². The summed E-state index contributed by atoms with van der Waals surface area (Å²) >= 11 is 1.33. The van der Waals surface area contributed by atoms with Gasteiger partial charge in [0, 0.05) is 22.9 Å². The Morgan fingerprint density at radius 3 is 2.41 bits per heavy atom. The molecule has 2 heterocycles. The molecule has 0 aliphatic carbocycles. The van der Waals surface area contributed by atoms with Crippen molar-refractivity contribution >= 4 is 31.3 Å². The molecule has 0 unspecified atom stereocenters. The van der Waals surface area contributed by atoms with Crippen molar-refractivity contribution in [2.24, 2.45) is 0 Å². The van der Waals surface area contributed by atoms with E-state index in [0.717, 1.165) is 41.7 Å².